The Labute approximate surface area is 541 Å². The van der Waals surface area contributed by atoms with Crippen molar-refractivity contribution < 1.29 is 88.4 Å². The van der Waals surface area contributed by atoms with Crippen molar-refractivity contribution in [3.8, 4) is 0 Å². The maximum Gasteiger partial charge on any atom is 0.472 e. The van der Waals surface area contributed by atoms with Gasteiger partial charge in [-0.1, -0.05) is 47.6 Å². The first-order valence-corrected chi connectivity index (χ1v) is 32.4. The molecule has 5 fully saturated rings. The van der Waals surface area contributed by atoms with Crippen molar-refractivity contribution in [1.82, 2.24) is 10.3 Å². The zero-order chi connectivity index (χ0) is 66.7. The molecule has 0 spiro atoms. The first kappa shape index (κ1) is 72.6. The monoisotopic (exact) mass is 1330 g/mol. The van der Waals surface area contributed by atoms with Crippen LogP contribution in [0.2, 0.25) is 0 Å². The molecule has 8 rings (SSSR count). The van der Waals surface area contributed by atoms with Crippen LogP contribution in [0.5, 0.6) is 0 Å². The molecule has 1 radical (unpaired) electrons. The van der Waals surface area contributed by atoms with Crippen molar-refractivity contribution in [3.05, 3.63) is 85.2 Å². The molecule has 0 saturated carbocycles. The van der Waals surface area contributed by atoms with Gasteiger partial charge >= 0.3 is 7.82 Å². The standard InChI is InChI=1S/C62H92N13O14P.Co/c1-29-20-39-40(21-30(29)2)75(28-70-39)57-52(84)53(41(27-76)87-57)89-90(85,86)88-31(3)26-69-49(83)18-19-59(8)37(22-46(66)80)56-62(11)61(10,25-48(68)82)36(14-17-45(65)79)51(74-62)33(5)55-60(9,24-47(67)81)34(12-15-43(63)77)38(71-55)23-42-58(6,7)35(13-16-44(64)78)50(72-42)32(4)54(59)73-56;/h20-21,23,28,31,34-38,41,51-54,56-57,76,84H,12-19,22,24-27H2,1-11H3,(H14,63,64,65,66,67,68,69,77,78,79,80,81,82,83,85,86);/q-4;/b42-23-,50-32-,55-33-;/t31-,34-,35-,36-,37+,38?,41-,51?,52-,53-,54?,56-,57+,59-,60+,61+,62+;/m1./s1. The number of imidazole rings is 1. The fraction of sp³-hybridized carbons (Fsp3) is 0.677. The fourth-order valence-electron chi connectivity index (χ4n) is 16.1. The van der Waals surface area contributed by atoms with E-state index in [9.17, 15) is 53.2 Å². The van der Waals surface area contributed by atoms with Crippen LogP contribution in [0.3, 0.4) is 0 Å². The number of benzene rings is 1. The summed E-state index contributed by atoms with van der Waals surface area (Å²) in [5, 5.41) is 47.0. The first-order valence-electron chi connectivity index (χ1n) is 30.9. The Morgan fingerprint density at radius 2 is 1.41 bits per heavy atom. The number of allylic oxidation sites excluding steroid dienone is 3. The zero-order valence-corrected chi connectivity index (χ0v) is 55.7. The van der Waals surface area contributed by atoms with E-state index in [1.165, 1.54) is 13.3 Å². The quantitative estimate of drug-likeness (QED) is 0.0472. The number of nitrogens with two attached hydrogens (primary N) is 6. The van der Waals surface area contributed by atoms with Crippen molar-refractivity contribution in [2.45, 2.75) is 207 Å². The molecule has 27 nitrogen and oxygen atoms in total. The number of carbonyl (C=O) groups is 7. The topological polar surface area (TPSA) is 467 Å². The summed E-state index contributed by atoms with van der Waals surface area (Å²) < 4.78 is 32.3. The number of carbonyl (C=O) groups excluding carboxylic acids is 7. The van der Waals surface area contributed by atoms with Gasteiger partial charge in [-0.2, -0.15) is 17.1 Å². The predicted octanol–water partition coefficient (Wildman–Crippen LogP) is 3.90. The van der Waals surface area contributed by atoms with E-state index in [0.717, 1.165) is 11.1 Å². The molecule has 8 bridgehead atoms. The number of aliphatic hydroxyl groups excluding tert-OH is 2. The van der Waals surface area contributed by atoms with Gasteiger partial charge in [0.2, 0.25) is 41.4 Å². The molecule has 1 aromatic carbocycles. The van der Waals surface area contributed by atoms with Gasteiger partial charge in [-0.3, -0.25) is 42.6 Å². The number of hydrogen-bond acceptors (Lipinski definition) is 13. The molecule has 16 N–H and O–H groups in total. The second-order valence-corrected chi connectivity index (χ2v) is 28.9. The van der Waals surface area contributed by atoms with Gasteiger partial charge in [-0.15, -0.1) is 40.9 Å². The van der Waals surface area contributed by atoms with Gasteiger partial charge in [0.1, 0.15) is 18.3 Å². The minimum absolute atomic E-state index is 0. The second kappa shape index (κ2) is 27.3. The fourth-order valence-corrected chi connectivity index (χ4v) is 17.3. The summed E-state index contributed by atoms with van der Waals surface area (Å²) in [5.74, 6) is -6.90. The molecule has 6 aliphatic heterocycles. The van der Waals surface area contributed by atoms with Crippen molar-refractivity contribution in [2.24, 2.45) is 79.7 Å². The van der Waals surface area contributed by atoms with E-state index >= 15 is 0 Å². The van der Waals surface area contributed by atoms with E-state index in [2.05, 4.69) is 10.3 Å². The number of nitrogens with zero attached hydrogens (tertiary/aromatic N) is 6. The van der Waals surface area contributed by atoms with Crippen LogP contribution in [0.4, 0.5) is 0 Å². The number of aryl methyl sites for hydroxylation is 2. The molecule has 18 atom stereocenters. The normalized spacial score (nSPS) is 36.4. The van der Waals surface area contributed by atoms with Crippen molar-refractivity contribution >= 4 is 60.2 Å². The molecule has 1 aromatic heterocycles. The number of aliphatic hydroxyl groups is 2. The number of hydrogen-bond donors (Lipinski definition) is 10. The minimum atomic E-state index is -5.06. The van der Waals surface area contributed by atoms with Gasteiger partial charge in [-0.05, 0) is 129 Å². The Morgan fingerprint density at radius 3 is 2.00 bits per heavy atom. The first-order chi connectivity index (χ1) is 41.8. The zero-order valence-electron chi connectivity index (χ0n) is 53.8. The number of phosphoric ester groups is 1. The Morgan fingerprint density at radius 1 is 0.802 bits per heavy atom. The molecule has 7 heterocycles. The van der Waals surface area contributed by atoms with E-state index in [4.69, 9.17) is 69.5 Å². The van der Waals surface area contributed by atoms with Crippen LogP contribution >= 0.6 is 7.82 Å². The third kappa shape index (κ3) is 14.1. The second-order valence-electron chi connectivity index (χ2n) is 27.6. The summed E-state index contributed by atoms with van der Waals surface area (Å²) >= 11 is 0. The van der Waals surface area contributed by atoms with Crippen molar-refractivity contribution in [1.29, 1.82) is 0 Å². The Balaban J connectivity index is 0.0000118. The van der Waals surface area contributed by atoms with E-state index in [-0.39, 0.29) is 94.0 Å². The summed E-state index contributed by atoms with van der Waals surface area (Å²) in [6, 6.07) is 0.288. The number of aromatic nitrogens is 2. The number of nitrogens with one attached hydrogen (secondary N) is 1. The molecule has 7 amide bonds. The molecular formula is C62H92CoN13O14P-4. The molecule has 2 aromatic rings. The van der Waals surface area contributed by atoms with E-state index in [0.29, 0.717) is 39.3 Å². The van der Waals surface area contributed by atoms with Crippen LogP contribution in [-0.2, 0) is 68.7 Å². The van der Waals surface area contributed by atoms with Crippen LogP contribution in [0.25, 0.3) is 32.3 Å². The molecule has 6 aliphatic rings. The molecule has 507 valence electrons. The molecule has 4 unspecified atom stereocenters. The van der Waals surface area contributed by atoms with E-state index in [1.807, 2.05) is 87.4 Å². The summed E-state index contributed by atoms with van der Waals surface area (Å²) in [5.41, 5.74) is 36.3. The Bertz CT molecular complexity index is 3340. The summed E-state index contributed by atoms with van der Waals surface area (Å²) in [7, 11) is -5.06. The van der Waals surface area contributed by atoms with Gasteiger partial charge in [0.25, 0.3) is 0 Å². The number of primary amides is 6. The van der Waals surface area contributed by atoms with E-state index in [1.54, 1.807) is 4.57 Å². The van der Waals surface area contributed by atoms with Gasteiger partial charge in [0.05, 0.1) is 30.1 Å². The SMILES string of the molecule is C/C1=C2/[N-]C(/C=C3\[N-]/C(=C(/C)C4[N-][C@H]([C@H](CC(N)=O)[C@@]4(C)CCC(=O)NC[C@@H](C)OP(=O)(O)O[C@H]4[C@@H](O)[C@@H]([n+]5c[n-]c6cc(C)c(C)cc65)O[C@@H]4CO)[C@]4(C)[N-]C1[C@@H](CCC(N)=O)[C@]4(C)CC(N)=O)[C@@H](CCC(N)=O)C3(C)C)[C@@H](CCC(N)=O)[C@]2(C)CC(N)=O.[Co]. The largest absolute Gasteiger partial charge is 0.681 e. The van der Waals surface area contributed by atoms with Crippen molar-refractivity contribution in [3.63, 3.8) is 0 Å². The number of phosphoric acid groups is 1. The Kier molecular flexibility index (Phi) is 21.8. The number of ether oxygens (including phenoxy) is 1. The maximum atomic E-state index is 14.4. The third-order valence-electron chi connectivity index (χ3n) is 21.2. The van der Waals surface area contributed by atoms with Gasteiger partial charge in [-0.25, -0.2) is 9.55 Å². The third-order valence-corrected chi connectivity index (χ3v) is 22.3. The van der Waals surface area contributed by atoms with Gasteiger partial charge in [0.15, 0.2) is 6.23 Å². The summed E-state index contributed by atoms with van der Waals surface area (Å²) in [4.78, 5) is 109. The van der Waals surface area contributed by atoms with Crippen molar-refractivity contribution in [2.75, 3.05) is 13.2 Å². The van der Waals surface area contributed by atoms with E-state index < -0.39 is 161 Å². The number of amides is 7. The average Bonchev–Trinajstić information content (AvgIpc) is 1.54. The maximum absolute atomic E-state index is 14.4. The summed E-state index contributed by atoms with van der Waals surface area (Å²) in [6.07, 6.45) is -3.95. The van der Waals surface area contributed by atoms with Gasteiger partial charge in [0, 0.05) is 68.3 Å². The molecule has 5 saturated heterocycles. The Hall–Kier alpha value is -5.78. The van der Waals surface area contributed by atoms with Crippen LogP contribution in [0.15, 0.2) is 52.8 Å². The molecule has 29 heteroatoms. The summed E-state index contributed by atoms with van der Waals surface area (Å²) in [6.45, 7) is 19.5. The number of rotatable bonds is 26. The average molecular weight is 1330 g/mol. The minimum Gasteiger partial charge on any atom is -0.681 e. The van der Waals surface area contributed by atoms with Gasteiger partial charge < -0.3 is 85.4 Å². The smallest absolute Gasteiger partial charge is 0.472 e. The van der Waals surface area contributed by atoms with Crippen LogP contribution in [-0.4, -0.2) is 124 Å². The molecule has 0 aliphatic carbocycles. The molecular weight excluding hydrogens is 1240 g/mol. The van der Waals surface area contributed by atoms with Crippen LogP contribution in [0.1, 0.15) is 150 Å². The van der Waals surface area contributed by atoms with Crippen LogP contribution in [0, 0.1) is 59.2 Å². The number of fused-ring (bicyclic) bond motifs is 10. The molecule has 91 heavy (non-hydrogen) atoms. The predicted molar refractivity (Wildman–Crippen MR) is 331 cm³/mol. The van der Waals surface area contributed by atoms with Crippen LogP contribution < -0.4 is 49.3 Å².